The Morgan fingerprint density at radius 2 is 2.36 bits per heavy atom. The van der Waals surface area contributed by atoms with Gasteiger partial charge in [0.05, 0.1) is 25.3 Å². The van der Waals surface area contributed by atoms with Gasteiger partial charge in [-0.25, -0.2) is 0 Å². The van der Waals surface area contributed by atoms with E-state index in [2.05, 4.69) is 14.9 Å². The van der Waals surface area contributed by atoms with E-state index in [9.17, 15) is 4.79 Å². The number of ether oxygens (including phenoxy) is 1. The van der Waals surface area contributed by atoms with Gasteiger partial charge in [-0.15, -0.1) is 5.10 Å². The third-order valence-electron chi connectivity index (χ3n) is 1.83. The monoisotopic (exact) mass is 198 g/mol. The molecule has 0 aromatic carbocycles. The number of nitrogen functional groups attached to an aromatic ring is 1. The van der Waals surface area contributed by atoms with Gasteiger partial charge in [-0.05, 0) is 13.8 Å². The van der Waals surface area contributed by atoms with E-state index in [0.717, 1.165) is 0 Å². The molecule has 0 unspecified atom stereocenters. The Balaban J connectivity index is 2.72. The molecule has 1 aromatic rings. The maximum absolute atomic E-state index is 11.3. The van der Waals surface area contributed by atoms with Gasteiger partial charge in [0.1, 0.15) is 0 Å². The standard InChI is InChI=1S/C8H14N4O2/c1-8(2,7(13)14-3)5-12-10-4-6(9)11-12/h4H,5H2,1-3H3,(H2,9,11). The Morgan fingerprint density at radius 1 is 1.71 bits per heavy atom. The highest BCUT2D eigenvalue weighted by atomic mass is 16.5. The van der Waals surface area contributed by atoms with Crippen molar-refractivity contribution in [2.45, 2.75) is 20.4 Å². The molecule has 6 nitrogen and oxygen atoms in total. The first-order valence-corrected chi connectivity index (χ1v) is 4.20. The summed E-state index contributed by atoms with van der Waals surface area (Å²) in [6, 6.07) is 0. The largest absolute Gasteiger partial charge is 0.469 e. The molecule has 0 aliphatic rings. The molecule has 1 rings (SSSR count). The zero-order valence-corrected chi connectivity index (χ0v) is 8.52. The smallest absolute Gasteiger partial charge is 0.313 e. The van der Waals surface area contributed by atoms with Crippen LogP contribution in [0.4, 0.5) is 5.82 Å². The second-order valence-electron chi connectivity index (χ2n) is 3.68. The van der Waals surface area contributed by atoms with Gasteiger partial charge in [-0.1, -0.05) is 0 Å². The van der Waals surface area contributed by atoms with E-state index in [1.165, 1.54) is 18.1 Å². The fourth-order valence-corrected chi connectivity index (χ4v) is 1.08. The van der Waals surface area contributed by atoms with Crippen molar-refractivity contribution >= 4 is 11.8 Å². The highest BCUT2D eigenvalue weighted by Crippen LogP contribution is 2.18. The number of nitrogens with two attached hydrogens (primary N) is 1. The molecule has 0 radical (unpaired) electrons. The average molecular weight is 198 g/mol. The van der Waals surface area contributed by atoms with Gasteiger partial charge in [-0.2, -0.15) is 9.90 Å². The lowest BCUT2D eigenvalue weighted by molar-refractivity contribution is -0.151. The number of carbonyl (C=O) groups excluding carboxylic acids is 1. The fraction of sp³-hybridized carbons (Fsp3) is 0.625. The molecule has 0 aliphatic heterocycles. The second kappa shape index (κ2) is 3.65. The molecule has 1 aromatic heterocycles. The van der Waals surface area contributed by atoms with E-state index in [1.807, 2.05) is 0 Å². The Kier molecular flexibility index (Phi) is 2.73. The molecular weight excluding hydrogens is 184 g/mol. The quantitative estimate of drug-likeness (QED) is 0.694. The van der Waals surface area contributed by atoms with Crippen LogP contribution in [0.2, 0.25) is 0 Å². The van der Waals surface area contributed by atoms with Crippen LogP contribution in [0.3, 0.4) is 0 Å². The van der Waals surface area contributed by atoms with Gasteiger partial charge in [0, 0.05) is 0 Å². The number of methoxy groups -OCH3 is 1. The SMILES string of the molecule is COC(=O)C(C)(C)Cn1ncc(N)n1. The van der Waals surface area contributed by atoms with Crippen LogP contribution in [-0.4, -0.2) is 28.1 Å². The normalized spacial score (nSPS) is 11.4. The minimum atomic E-state index is -0.653. The van der Waals surface area contributed by atoms with Crippen molar-refractivity contribution in [1.29, 1.82) is 0 Å². The summed E-state index contributed by atoms with van der Waals surface area (Å²) >= 11 is 0. The van der Waals surface area contributed by atoms with Crippen molar-refractivity contribution < 1.29 is 9.53 Å². The first kappa shape index (κ1) is 10.5. The molecule has 0 saturated carbocycles. The summed E-state index contributed by atoms with van der Waals surface area (Å²) in [4.78, 5) is 12.7. The average Bonchev–Trinajstić information content (AvgIpc) is 2.48. The maximum Gasteiger partial charge on any atom is 0.313 e. The molecule has 0 saturated heterocycles. The van der Waals surface area contributed by atoms with Crippen LogP contribution >= 0.6 is 0 Å². The Morgan fingerprint density at radius 3 is 2.79 bits per heavy atom. The maximum atomic E-state index is 11.3. The van der Waals surface area contributed by atoms with Crippen LogP contribution in [0.25, 0.3) is 0 Å². The molecule has 6 heteroatoms. The summed E-state index contributed by atoms with van der Waals surface area (Å²) in [5, 5.41) is 7.78. The van der Waals surface area contributed by atoms with E-state index in [-0.39, 0.29) is 5.97 Å². The van der Waals surface area contributed by atoms with Gasteiger partial charge in [-0.3, -0.25) is 4.79 Å². The van der Waals surface area contributed by atoms with Crippen LogP contribution < -0.4 is 5.73 Å². The number of anilines is 1. The summed E-state index contributed by atoms with van der Waals surface area (Å²) in [5.41, 5.74) is 4.74. The lowest BCUT2D eigenvalue weighted by Gasteiger charge is -2.19. The first-order valence-electron chi connectivity index (χ1n) is 4.20. The van der Waals surface area contributed by atoms with E-state index in [0.29, 0.717) is 12.4 Å². The molecule has 0 fully saturated rings. The zero-order valence-electron chi connectivity index (χ0n) is 8.52. The number of esters is 1. The molecule has 0 bridgehead atoms. The summed E-state index contributed by atoms with van der Waals surface area (Å²) in [6.45, 7) is 3.87. The number of rotatable bonds is 3. The van der Waals surface area contributed by atoms with Crippen molar-refractivity contribution in [3.63, 3.8) is 0 Å². The molecular formula is C8H14N4O2. The minimum Gasteiger partial charge on any atom is -0.469 e. The van der Waals surface area contributed by atoms with E-state index in [4.69, 9.17) is 5.73 Å². The number of hydrogen-bond donors (Lipinski definition) is 1. The van der Waals surface area contributed by atoms with Crippen LogP contribution in [-0.2, 0) is 16.1 Å². The Bertz CT molecular complexity index is 332. The number of hydrogen-bond acceptors (Lipinski definition) is 5. The summed E-state index contributed by atoms with van der Waals surface area (Å²) < 4.78 is 4.65. The van der Waals surface area contributed by atoms with Crippen molar-refractivity contribution in [2.24, 2.45) is 5.41 Å². The second-order valence-corrected chi connectivity index (χ2v) is 3.68. The lowest BCUT2D eigenvalue weighted by atomic mass is 9.94. The highest BCUT2D eigenvalue weighted by Gasteiger charge is 2.30. The first-order chi connectivity index (χ1) is 6.45. The van der Waals surface area contributed by atoms with Crippen molar-refractivity contribution in [1.82, 2.24) is 15.0 Å². The van der Waals surface area contributed by atoms with Gasteiger partial charge in [0.2, 0.25) is 0 Å². The number of nitrogens with zero attached hydrogens (tertiary/aromatic N) is 3. The van der Waals surface area contributed by atoms with Crippen LogP contribution in [0.5, 0.6) is 0 Å². The molecule has 1 heterocycles. The summed E-state index contributed by atoms with van der Waals surface area (Å²) in [7, 11) is 1.36. The van der Waals surface area contributed by atoms with E-state index < -0.39 is 5.41 Å². The highest BCUT2D eigenvalue weighted by molar-refractivity contribution is 5.75. The number of carbonyl (C=O) groups is 1. The molecule has 14 heavy (non-hydrogen) atoms. The summed E-state index contributed by atoms with van der Waals surface area (Å²) in [5.74, 6) is 0.0408. The van der Waals surface area contributed by atoms with E-state index in [1.54, 1.807) is 13.8 Å². The van der Waals surface area contributed by atoms with Gasteiger partial charge < -0.3 is 10.5 Å². The predicted molar refractivity (Wildman–Crippen MR) is 50.2 cm³/mol. The zero-order chi connectivity index (χ0) is 10.8. The van der Waals surface area contributed by atoms with Gasteiger partial charge in [0.15, 0.2) is 5.82 Å². The van der Waals surface area contributed by atoms with Crippen LogP contribution in [0, 0.1) is 5.41 Å². The minimum absolute atomic E-state index is 0.298. The topological polar surface area (TPSA) is 83.0 Å². The molecule has 0 spiro atoms. The molecule has 0 amide bonds. The lowest BCUT2D eigenvalue weighted by Crippen LogP contribution is -2.31. The molecule has 2 N–H and O–H groups in total. The molecule has 0 atom stereocenters. The Hall–Kier alpha value is -1.59. The molecule has 0 aliphatic carbocycles. The van der Waals surface area contributed by atoms with Crippen molar-refractivity contribution in [3.8, 4) is 0 Å². The predicted octanol–water partition coefficient (Wildman–Crippen LogP) is 0.0595. The van der Waals surface area contributed by atoms with Crippen molar-refractivity contribution in [3.05, 3.63) is 6.20 Å². The van der Waals surface area contributed by atoms with Crippen molar-refractivity contribution in [2.75, 3.05) is 12.8 Å². The third-order valence-corrected chi connectivity index (χ3v) is 1.83. The number of aromatic nitrogens is 3. The van der Waals surface area contributed by atoms with Crippen LogP contribution in [0.15, 0.2) is 6.20 Å². The van der Waals surface area contributed by atoms with Crippen LogP contribution in [0.1, 0.15) is 13.8 Å². The Labute approximate surface area is 82.0 Å². The van der Waals surface area contributed by atoms with Gasteiger partial charge in [0.25, 0.3) is 0 Å². The summed E-state index contributed by atoms with van der Waals surface area (Å²) in [6.07, 6.45) is 1.44. The van der Waals surface area contributed by atoms with E-state index >= 15 is 0 Å². The molecule has 78 valence electrons. The van der Waals surface area contributed by atoms with Gasteiger partial charge >= 0.3 is 5.97 Å². The fourth-order valence-electron chi connectivity index (χ4n) is 1.08. The third kappa shape index (κ3) is 2.21.